The van der Waals surface area contributed by atoms with E-state index in [-0.39, 0.29) is 18.7 Å². The van der Waals surface area contributed by atoms with Crippen molar-refractivity contribution in [1.29, 1.82) is 0 Å². The first kappa shape index (κ1) is 14.9. The van der Waals surface area contributed by atoms with Crippen LogP contribution in [0.15, 0.2) is 18.2 Å². The van der Waals surface area contributed by atoms with Gasteiger partial charge in [-0.1, -0.05) is 0 Å². The lowest BCUT2D eigenvalue weighted by Crippen LogP contribution is -2.42. The quantitative estimate of drug-likeness (QED) is 0.820. The second-order valence-corrected chi connectivity index (χ2v) is 4.74. The lowest BCUT2D eigenvalue weighted by atomic mass is 10.1. The molecule has 0 heterocycles. The first-order valence-electron chi connectivity index (χ1n) is 5.36. The Morgan fingerprint density at radius 3 is 2.28 bits per heavy atom. The predicted octanol–water partition coefficient (Wildman–Crippen LogP) is 2.71. The number of rotatable bonds is 4. The highest BCUT2D eigenvalue weighted by Crippen LogP contribution is 2.30. The van der Waals surface area contributed by atoms with Crippen LogP contribution in [0.2, 0.25) is 0 Å². The SMILES string of the molecule is CC(C)(CO)NCc1cc(F)cc(C(F)(F)F)c1. The summed E-state index contributed by atoms with van der Waals surface area (Å²) < 4.78 is 50.5. The summed E-state index contributed by atoms with van der Waals surface area (Å²) in [5, 5.41) is 11.8. The summed E-state index contributed by atoms with van der Waals surface area (Å²) in [6, 6.07) is 2.39. The smallest absolute Gasteiger partial charge is 0.394 e. The Labute approximate surface area is 103 Å². The molecular formula is C12H15F4NO. The molecule has 0 bridgehead atoms. The van der Waals surface area contributed by atoms with E-state index < -0.39 is 23.1 Å². The molecule has 0 aromatic heterocycles. The Hall–Kier alpha value is -1.14. The van der Waals surface area contributed by atoms with Crippen LogP contribution in [0.1, 0.15) is 25.0 Å². The van der Waals surface area contributed by atoms with E-state index in [4.69, 9.17) is 5.11 Å². The van der Waals surface area contributed by atoms with Crippen LogP contribution in [0, 0.1) is 5.82 Å². The fourth-order valence-electron chi connectivity index (χ4n) is 1.31. The number of halogens is 4. The maximum absolute atomic E-state index is 13.1. The molecule has 1 aromatic carbocycles. The van der Waals surface area contributed by atoms with Crippen LogP contribution in [0.5, 0.6) is 0 Å². The average molecular weight is 265 g/mol. The van der Waals surface area contributed by atoms with Crippen molar-refractivity contribution in [3.8, 4) is 0 Å². The molecule has 1 aromatic rings. The van der Waals surface area contributed by atoms with Gasteiger partial charge in [0, 0.05) is 12.1 Å². The molecule has 0 atom stereocenters. The Morgan fingerprint density at radius 1 is 1.17 bits per heavy atom. The minimum atomic E-state index is -4.57. The van der Waals surface area contributed by atoms with Crippen molar-refractivity contribution in [2.75, 3.05) is 6.61 Å². The zero-order chi connectivity index (χ0) is 14.0. The summed E-state index contributed by atoms with van der Waals surface area (Å²) in [6.07, 6.45) is -4.57. The van der Waals surface area contributed by atoms with Crippen LogP contribution in [-0.4, -0.2) is 17.3 Å². The van der Waals surface area contributed by atoms with Gasteiger partial charge in [0.15, 0.2) is 0 Å². The van der Waals surface area contributed by atoms with Crippen LogP contribution in [0.3, 0.4) is 0 Å². The molecule has 18 heavy (non-hydrogen) atoms. The monoisotopic (exact) mass is 265 g/mol. The molecule has 0 amide bonds. The second-order valence-electron chi connectivity index (χ2n) is 4.74. The van der Waals surface area contributed by atoms with Crippen molar-refractivity contribution in [1.82, 2.24) is 5.32 Å². The van der Waals surface area contributed by atoms with Crippen molar-refractivity contribution in [3.05, 3.63) is 35.1 Å². The predicted molar refractivity (Wildman–Crippen MR) is 59.4 cm³/mol. The standard InChI is InChI=1S/C12H15F4NO/c1-11(2,7-18)17-6-8-3-9(12(14,15)16)5-10(13)4-8/h3-5,17-18H,6-7H2,1-2H3. The van der Waals surface area contributed by atoms with Gasteiger partial charge in [0.1, 0.15) is 5.82 Å². The van der Waals surface area contributed by atoms with E-state index in [2.05, 4.69) is 5.32 Å². The zero-order valence-electron chi connectivity index (χ0n) is 10.1. The summed E-state index contributed by atoms with van der Waals surface area (Å²) in [4.78, 5) is 0. The fraction of sp³-hybridized carbons (Fsp3) is 0.500. The average Bonchev–Trinajstić information content (AvgIpc) is 2.25. The van der Waals surface area contributed by atoms with Gasteiger partial charge in [0.2, 0.25) is 0 Å². The van der Waals surface area contributed by atoms with Crippen molar-refractivity contribution in [3.63, 3.8) is 0 Å². The number of benzene rings is 1. The Kier molecular flexibility index (Phi) is 4.34. The summed E-state index contributed by atoms with van der Waals surface area (Å²) in [5.74, 6) is -0.927. The largest absolute Gasteiger partial charge is 0.416 e. The van der Waals surface area contributed by atoms with Gasteiger partial charge < -0.3 is 10.4 Å². The van der Waals surface area contributed by atoms with Crippen molar-refractivity contribution in [2.45, 2.75) is 32.1 Å². The Balaban J connectivity index is 2.88. The highest BCUT2D eigenvalue weighted by molar-refractivity contribution is 5.26. The summed E-state index contributed by atoms with van der Waals surface area (Å²) in [5.41, 5.74) is -1.46. The van der Waals surface area contributed by atoms with E-state index in [9.17, 15) is 17.6 Å². The van der Waals surface area contributed by atoms with E-state index in [1.54, 1.807) is 13.8 Å². The minimum Gasteiger partial charge on any atom is -0.394 e. The van der Waals surface area contributed by atoms with Crippen molar-refractivity contribution >= 4 is 0 Å². The zero-order valence-corrected chi connectivity index (χ0v) is 10.1. The molecular weight excluding hydrogens is 250 g/mol. The van der Waals surface area contributed by atoms with Gasteiger partial charge in [-0.15, -0.1) is 0 Å². The number of nitrogens with one attached hydrogen (secondary N) is 1. The molecule has 0 radical (unpaired) electrons. The maximum atomic E-state index is 13.1. The second kappa shape index (κ2) is 5.24. The van der Waals surface area contributed by atoms with E-state index >= 15 is 0 Å². The number of hydrogen-bond acceptors (Lipinski definition) is 2. The molecule has 0 saturated carbocycles. The van der Waals surface area contributed by atoms with Gasteiger partial charge >= 0.3 is 6.18 Å². The van der Waals surface area contributed by atoms with Gasteiger partial charge in [-0.2, -0.15) is 13.2 Å². The molecule has 6 heteroatoms. The third-order valence-electron chi connectivity index (χ3n) is 2.45. The lowest BCUT2D eigenvalue weighted by Gasteiger charge is -2.23. The van der Waals surface area contributed by atoms with E-state index in [0.717, 1.165) is 12.1 Å². The van der Waals surface area contributed by atoms with E-state index in [1.165, 1.54) is 0 Å². The first-order chi connectivity index (χ1) is 8.14. The molecule has 0 aliphatic rings. The van der Waals surface area contributed by atoms with Gasteiger partial charge in [-0.3, -0.25) is 0 Å². The number of hydrogen-bond donors (Lipinski definition) is 2. The van der Waals surface area contributed by atoms with E-state index in [1.807, 2.05) is 0 Å². The molecule has 0 fully saturated rings. The molecule has 102 valence electrons. The molecule has 0 unspecified atom stereocenters. The van der Waals surface area contributed by atoms with Crippen LogP contribution in [-0.2, 0) is 12.7 Å². The molecule has 2 N–H and O–H groups in total. The molecule has 0 saturated heterocycles. The first-order valence-corrected chi connectivity index (χ1v) is 5.36. The Morgan fingerprint density at radius 2 is 1.78 bits per heavy atom. The van der Waals surface area contributed by atoms with Crippen LogP contribution < -0.4 is 5.32 Å². The van der Waals surface area contributed by atoms with Gasteiger partial charge in [-0.25, -0.2) is 4.39 Å². The van der Waals surface area contributed by atoms with Gasteiger partial charge in [0.25, 0.3) is 0 Å². The molecule has 0 aliphatic carbocycles. The fourth-order valence-corrected chi connectivity index (χ4v) is 1.31. The number of aliphatic hydroxyl groups is 1. The van der Waals surface area contributed by atoms with Crippen LogP contribution in [0.25, 0.3) is 0 Å². The summed E-state index contributed by atoms with van der Waals surface area (Å²) >= 11 is 0. The third-order valence-corrected chi connectivity index (χ3v) is 2.45. The summed E-state index contributed by atoms with van der Waals surface area (Å²) in [6.45, 7) is 3.26. The molecule has 0 aliphatic heterocycles. The lowest BCUT2D eigenvalue weighted by molar-refractivity contribution is -0.137. The number of alkyl halides is 3. The van der Waals surface area contributed by atoms with Crippen molar-refractivity contribution in [2.24, 2.45) is 0 Å². The van der Waals surface area contributed by atoms with Crippen LogP contribution >= 0.6 is 0 Å². The molecule has 2 nitrogen and oxygen atoms in total. The maximum Gasteiger partial charge on any atom is 0.416 e. The highest BCUT2D eigenvalue weighted by Gasteiger charge is 2.31. The van der Waals surface area contributed by atoms with Gasteiger partial charge in [-0.05, 0) is 37.6 Å². The van der Waals surface area contributed by atoms with Crippen molar-refractivity contribution < 1.29 is 22.7 Å². The van der Waals surface area contributed by atoms with Crippen LogP contribution in [0.4, 0.5) is 17.6 Å². The number of aliphatic hydroxyl groups excluding tert-OH is 1. The normalized spacial score (nSPS) is 12.8. The minimum absolute atomic E-state index is 0.0500. The summed E-state index contributed by atoms with van der Waals surface area (Å²) in [7, 11) is 0. The highest BCUT2D eigenvalue weighted by atomic mass is 19.4. The molecule has 1 rings (SSSR count). The van der Waals surface area contributed by atoms with Gasteiger partial charge in [0.05, 0.1) is 12.2 Å². The van der Waals surface area contributed by atoms with E-state index in [0.29, 0.717) is 6.07 Å². The topological polar surface area (TPSA) is 32.3 Å². The third kappa shape index (κ3) is 4.27. The Bertz CT molecular complexity index is 415. The molecule has 0 spiro atoms.